The summed E-state index contributed by atoms with van der Waals surface area (Å²) in [6.45, 7) is 7.07. The number of nitrogens with one attached hydrogen (secondary N) is 1. The number of carbonyl (C=O) groups is 1. The van der Waals surface area contributed by atoms with Crippen LogP contribution >= 0.6 is 0 Å². The number of rotatable bonds is 7. The molecule has 162 valence electrons. The van der Waals surface area contributed by atoms with Crippen LogP contribution in [0.3, 0.4) is 0 Å². The van der Waals surface area contributed by atoms with E-state index in [4.69, 9.17) is 0 Å². The summed E-state index contributed by atoms with van der Waals surface area (Å²) >= 11 is 0. The number of hydrogen-bond donors (Lipinski definition) is 1. The highest BCUT2D eigenvalue weighted by Gasteiger charge is 2.34. The van der Waals surface area contributed by atoms with Gasteiger partial charge in [0.25, 0.3) is 0 Å². The van der Waals surface area contributed by atoms with E-state index in [-0.39, 0.29) is 34.7 Å². The molecule has 0 saturated carbocycles. The molecule has 5 nitrogen and oxygen atoms in total. The maximum atomic E-state index is 12.9. The molecule has 1 fully saturated rings. The molecule has 6 heteroatoms. The second kappa shape index (κ2) is 9.31. The van der Waals surface area contributed by atoms with Gasteiger partial charge in [0.15, 0.2) is 0 Å². The molecule has 0 aliphatic carbocycles. The van der Waals surface area contributed by atoms with Crippen LogP contribution in [0.4, 0.5) is 0 Å². The van der Waals surface area contributed by atoms with Gasteiger partial charge in [0, 0.05) is 19.1 Å². The van der Waals surface area contributed by atoms with Gasteiger partial charge in [-0.2, -0.15) is 4.31 Å². The van der Waals surface area contributed by atoms with Gasteiger partial charge in [-0.25, -0.2) is 8.42 Å². The first-order valence-electron chi connectivity index (χ1n) is 10.6. The van der Waals surface area contributed by atoms with Crippen molar-refractivity contribution in [3.05, 3.63) is 66.2 Å². The Morgan fingerprint density at radius 3 is 2.33 bits per heavy atom. The van der Waals surface area contributed by atoms with E-state index in [9.17, 15) is 13.2 Å². The molecule has 1 saturated heterocycles. The summed E-state index contributed by atoms with van der Waals surface area (Å²) in [5.74, 6) is -0.376. The predicted molar refractivity (Wildman–Crippen MR) is 120 cm³/mol. The lowest BCUT2D eigenvalue weighted by Gasteiger charge is -2.33. The number of hydrogen-bond acceptors (Lipinski definition) is 3. The van der Waals surface area contributed by atoms with Gasteiger partial charge in [-0.1, -0.05) is 62.4 Å². The molecule has 2 aromatic carbocycles. The van der Waals surface area contributed by atoms with Gasteiger partial charge >= 0.3 is 0 Å². The molecule has 1 amide bonds. The summed E-state index contributed by atoms with van der Waals surface area (Å²) in [5, 5.41) is 3.13. The van der Waals surface area contributed by atoms with Gasteiger partial charge in [0.2, 0.25) is 15.9 Å². The fraction of sp³-hybridized carbons (Fsp3) is 0.458. The quantitative estimate of drug-likeness (QED) is 0.726. The van der Waals surface area contributed by atoms with Gasteiger partial charge in [-0.3, -0.25) is 4.79 Å². The van der Waals surface area contributed by atoms with Crippen molar-refractivity contribution < 1.29 is 13.2 Å². The van der Waals surface area contributed by atoms with Gasteiger partial charge in [-0.05, 0) is 49.3 Å². The largest absolute Gasteiger partial charge is 0.353 e. The Morgan fingerprint density at radius 2 is 1.70 bits per heavy atom. The number of nitrogens with zero attached hydrogens (tertiary/aromatic N) is 1. The standard InChI is InChI=1S/C24H32N2O3S/c1-19(17-24(2,3)21-12-6-4-7-13-21)25-23(27)20-11-10-16-26(18-20)30(28,29)22-14-8-5-9-15-22/h4-9,12-15,19-20H,10-11,16-18H2,1-3H3,(H,25,27)/t19-,20-/m1/s1. The second-order valence-corrected chi connectivity index (χ2v) is 10.8. The van der Waals surface area contributed by atoms with Crippen molar-refractivity contribution in [3.63, 3.8) is 0 Å². The Bertz CT molecular complexity index is 943. The molecule has 2 aromatic rings. The highest BCUT2D eigenvalue weighted by molar-refractivity contribution is 7.89. The van der Waals surface area contributed by atoms with Gasteiger partial charge in [-0.15, -0.1) is 0 Å². The summed E-state index contributed by atoms with van der Waals surface area (Å²) < 4.78 is 27.3. The topological polar surface area (TPSA) is 66.5 Å². The molecule has 1 aliphatic heterocycles. The zero-order valence-electron chi connectivity index (χ0n) is 18.0. The van der Waals surface area contributed by atoms with E-state index in [0.29, 0.717) is 19.4 Å². The van der Waals surface area contributed by atoms with Crippen molar-refractivity contribution in [1.82, 2.24) is 9.62 Å². The summed E-state index contributed by atoms with van der Waals surface area (Å²) in [6.07, 6.45) is 2.21. The average molecular weight is 429 g/mol. The second-order valence-electron chi connectivity index (χ2n) is 8.88. The van der Waals surface area contributed by atoms with E-state index in [1.54, 1.807) is 30.3 Å². The van der Waals surface area contributed by atoms with E-state index >= 15 is 0 Å². The molecular weight excluding hydrogens is 396 g/mol. The van der Waals surface area contributed by atoms with Crippen LogP contribution in [-0.4, -0.2) is 37.8 Å². The molecule has 3 rings (SSSR count). The summed E-state index contributed by atoms with van der Waals surface area (Å²) in [6, 6.07) is 18.7. The minimum absolute atomic E-state index is 0.00573. The van der Waals surface area contributed by atoms with Crippen molar-refractivity contribution in [1.29, 1.82) is 0 Å². The van der Waals surface area contributed by atoms with Crippen LogP contribution in [0.25, 0.3) is 0 Å². The van der Waals surface area contributed by atoms with E-state index in [1.807, 2.05) is 25.1 Å². The first kappa shape index (κ1) is 22.5. The zero-order valence-corrected chi connectivity index (χ0v) is 18.9. The van der Waals surface area contributed by atoms with Crippen molar-refractivity contribution in [2.24, 2.45) is 5.92 Å². The first-order chi connectivity index (χ1) is 14.2. The van der Waals surface area contributed by atoms with E-state index in [0.717, 1.165) is 6.42 Å². The summed E-state index contributed by atoms with van der Waals surface area (Å²) in [7, 11) is -3.57. The Labute approximate surface area is 180 Å². The fourth-order valence-corrected chi connectivity index (χ4v) is 5.85. The molecule has 2 atom stereocenters. The van der Waals surface area contributed by atoms with E-state index in [2.05, 4.69) is 31.3 Å². The van der Waals surface area contributed by atoms with Gasteiger partial charge in [0.05, 0.1) is 10.8 Å². The van der Waals surface area contributed by atoms with Gasteiger partial charge in [0.1, 0.15) is 0 Å². The molecule has 0 radical (unpaired) electrons. The maximum Gasteiger partial charge on any atom is 0.243 e. The summed E-state index contributed by atoms with van der Waals surface area (Å²) in [4.78, 5) is 13.2. The lowest BCUT2D eigenvalue weighted by atomic mass is 9.79. The van der Waals surface area contributed by atoms with Crippen molar-refractivity contribution >= 4 is 15.9 Å². The third-order valence-electron chi connectivity index (χ3n) is 5.90. The number of piperidine rings is 1. The van der Waals surface area contributed by atoms with E-state index in [1.165, 1.54) is 9.87 Å². The lowest BCUT2D eigenvalue weighted by molar-refractivity contribution is -0.126. The third kappa shape index (κ3) is 5.29. The van der Waals surface area contributed by atoms with Crippen LogP contribution in [0.5, 0.6) is 0 Å². The van der Waals surface area contributed by atoms with Crippen LogP contribution in [0.1, 0.15) is 45.6 Å². The minimum Gasteiger partial charge on any atom is -0.353 e. The highest BCUT2D eigenvalue weighted by Crippen LogP contribution is 2.29. The van der Waals surface area contributed by atoms with Crippen LogP contribution in [0.15, 0.2) is 65.6 Å². The number of amides is 1. The molecule has 30 heavy (non-hydrogen) atoms. The van der Waals surface area contributed by atoms with Crippen LogP contribution < -0.4 is 5.32 Å². The molecule has 0 aromatic heterocycles. The van der Waals surface area contributed by atoms with Crippen molar-refractivity contribution in [2.45, 2.75) is 56.4 Å². The minimum atomic E-state index is -3.57. The normalized spacial score (nSPS) is 19.2. The molecule has 1 aliphatic rings. The number of sulfonamides is 1. The first-order valence-corrected chi connectivity index (χ1v) is 12.1. The van der Waals surface area contributed by atoms with Crippen molar-refractivity contribution in [3.8, 4) is 0 Å². The van der Waals surface area contributed by atoms with Crippen LogP contribution in [0, 0.1) is 5.92 Å². The molecular formula is C24H32N2O3S. The number of carbonyl (C=O) groups excluding carboxylic acids is 1. The summed E-state index contributed by atoms with van der Waals surface area (Å²) in [5.41, 5.74) is 1.17. The zero-order chi connectivity index (χ0) is 21.8. The Kier molecular flexibility index (Phi) is 6.98. The smallest absolute Gasteiger partial charge is 0.243 e. The molecule has 0 spiro atoms. The SMILES string of the molecule is C[C@H](CC(C)(C)c1ccccc1)NC(=O)[C@@H]1CCCN(S(=O)(=O)c2ccccc2)C1. The Balaban J connectivity index is 1.61. The molecule has 0 unspecified atom stereocenters. The maximum absolute atomic E-state index is 12.9. The molecule has 1 heterocycles. The molecule has 0 bridgehead atoms. The fourth-order valence-electron chi connectivity index (χ4n) is 4.30. The van der Waals surface area contributed by atoms with Crippen LogP contribution in [0.2, 0.25) is 0 Å². The van der Waals surface area contributed by atoms with E-state index < -0.39 is 10.0 Å². The monoisotopic (exact) mass is 428 g/mol. The third-order valence-corrected chi connectivity index (χ3v) is 7.78. The van der Waals surface area contributed by atoms with Crippen molar-refractivity contribution in [2.75, 3.05) is 13.1 Å². The Hall–Kier alpha value is -2.18. The average Bonchev–Trinajstić information content (AvgIpc) is 2.74. The number of benzene rings is 2. The lowest BCUT2D eigenvalue weighted by Crippen LogP contribution is -2.47. The van der Waals surface area contributed by atoms with Gasteiger partial charge < -0.3 is 5.32 Å². The molecule has 1 N–H and O–H groups in total. The van der Waals surface area contributed by atoms with Crippen LogP contribution in [-0.2, 0) is 20.2 Å². The predicted octanol–water partition coefficient (Wildman–Crippen LogP) is 3.96. The highest BCUT2D eigenvalue weighted by atomic mass is 32.2. The Morgan fingerprint density at radius 1 is 1.10 bits per heavy atom.